The van der Waals surface area contributed by atoms with E-state index in [2.05, 4.69) is 20.8 Å². The first kappa shape index (κ1) is 18.1. The maximum absolute atomic E-state index is 11.6. The highest BCUT2D eigenvalue weighted by Crippen LogP contribution is 2.25. The molecule has 24 heavy (non-hydrogen) atoms. The number of ether oxygens (including phenoxy) is 1. The Balaban J connectivity index is 2.13. The predicted octanol–water partition coefficient (Wildman–Crippen LogP) is 4.68. The molecular weight excluding hydrogens is 300 g/mol. The van der Waals surface area contributed by atoms with Crippen LogP contribution < -0.4 is 4.74 Å². The Bertz CT molecular complexity index is 709. The van der Waals surface area contributed by atoms with E-state index in [4.69, 9.17) is 4.74 Å². The highest BCUT2D eigenvalue weighted by atomic mass is 16.5. The summed E-state index contributed by atoms with van der Waals surface area (Å²) in [6.45, 7) is 10.5. The van der Waals surface area contributed by atoms with Gasteiger partial charge in [0, 0.05) is 6.42 Å². The smallest absolute Gasteiger partial charge is 0.345 e. The van der Waals surface area contributed by atoms with Gasteiger partial charge in [0.1, 0.15) is 5.75 Å². The largest absolute Gasteiger partial charge is 0.478 e. The van der Waals surface area contributed by atoms with E-state index in [-0.39, 0.29) is 5.41 Å². The molecule has 0 aromatic heterocycles. The van der Waals surface area contributed by atoms with Crippen LogP contribution in [0.4, 0.5) is 0 Å². The van der Waals surface area contributed by atoms with E-state index in [1.165, 1.54) is 11.1 Å². The van der Waals surface area contributed by atoms with Crippen LogP contribution in [-0.2, 0) is 16.6 Å². The molecule has 3 heteroatoms. The zero-order valence-electron chi connectivity index (χ0n) is 15.1. The molecule has 3 nitrogen and oxygen atoms in total. The van der Waals surface area contributed by atoms with Gasteiger partial charge in [0.2, 0.25) is 0 Å². The highest BCUT2D eigenvalue weighted by Gasteiger charge is 2.21. The minimum atomic E-state index is -0.951. The number of carboxylic acids is 1. The standard InChI is InChI=1S/C21H26O3/c1-14-6-7-16(12-15(14)2)13-19(20(22)23)24-18-10-8-17(9-11-18)21(3,4)5/h6-12,19H,13H2,1-5H3,(H,22,23)/t19-/m1/s1. The third-order valence-corrected chi connectivity index (χ3v) is 4.27. The normalized spacial score (nSPS) is 12.7. The number of carboxylic acid groups (broad SMARTS) is 1. The van der Waals surface area contributed by atoms with Gasteiger partial charge >= 0.3 is 5.97 Å². The number of rotatable bonds is 5. The van der Waals surface area contributed by atoms with Gasteiger partial charge in [0.15, 0.2) is 6.10 Å². The molecule has 0 unspecified atom stereocenters. The molecule has 0 fully saturated rings. The van der Waals surface area contributed by atoms with Crippen molar-refractivity contribution >= 4 is 5.97 Å². The van der Waals surface area contributed by atoms with E-state index >= 15 is 0 Å². The summed E-state index contributed by atoms with van der Waals surface area (Å²) < 4.78 is 5.72. The predicted molar refractivity (Wildman–Crippen MR) is 96.8 cm³/mol. The van der Waals surface area contributed by atoms with E-state index in [9.17, 15) is 9.90 Å². The molecule has 0 saturated heterocycles. The fourth-order valence-corrected chi connectivity index (χ4v) is 2.52. The van der Waals surface area contributed by atoms with Crippen LogP contribution in [0.15, 0.2) is 42.5 Å². The number of hydrogen-bond donors (Lipinski definition) is 1. The van der Waals surface area contributed by atoms with Crippen LogP contribution in [0, 0.1) is 13.8 Å². The van der Waals surface area contributed by atoms with Crippen molar-refractivity contribution in [2.75, 3.05) is 0 Å². The Morgan fingerprint density at radius 3 is 2.17 bits per heavy atom. The number of benzene rings is 2. The van der Waals surface area contributed by atoms with Crippen LogP contribution in [-0.4, -0.2) is 17.2 Å². The quantitative estimate of drug-likeness (QED) is 0.868. The molecule has 0 radical (unpaired) electrons. The van der Waals surface area contributed by atoms with Crippen LogP contribution in [0.5, 0.6) is 5.75 Å². The van der Waals surface area contributed by atoms with Crippen LogP contribution in [0.2, 0.25) is 0 Å². The van der Waals surface area contributed by atoms with E-state index in [0.717, 1.165) is 11.1 Å². The van der Waals surface area contributed by atoms with Crippen molar-refractivity contribution in [1.82, 2.24) is 0 Å². The zero-order chi connectivity index (χ0) is 17.9. The molecule has 1 atom stereocenters. The van der Waals surface area contributed by atoms with Crippen molar-refractivity contribution in [3.8, 4) is 5.75 Å². The summed E-state index contributed by atoms with van der Waals surface area (Å²) in [4.78, 5) is 11.6. The maximum Gasteiger partial charge on any atom is 0.345 e. The summed E-state index contributed by atoms with van der Waals surface area (Å²) in [5.41, 5.74) is 4.58. The molecule has 2 aromatic rings. The summed E-state index contributed by atoms with van der Waals surface area (Å²) in [6.07, 6.45) is -0.551. The Morgan fingerprint density at radius 2 is 1.67 bits per heavy atom. The molecule has 0 amide bonds. The molecule has 0 saturated carbocycles. The molecule has 2 aromatic carbocycles. The van der Waals surface area contributed by atoms with Crippen molar-refractivity contribution < 1.29 is 14.6 Å². The number of aliphatic carboxylic acids is 1. The molecule has 0 aliphatic heterocycles. The van der Waals surface area contributed by atoms with E-state index in [0.29, 0.717) is 12.2 Å². The van der Waals surface area contributed by atoms with Gasteiger partial charge in [0.05, 0.1) is 0 Å². The Labute approximate surface area is 144 Å². The fourth-order valence-electron chi connectivity index (χ4n) is 2.52. The van der Waals surface area contributed by atoms with Gasteiger partial charge in [-0.15, -0.1) is 0 Å². The maximum atomic E-state index is 11.6. The molecular formula is C21H26O3. The lowest BCUT2D eigenvalue weighted by Crippen LogP contribution is -2.29. The molecule has 0 spiro atoms. The third kappa shape index (κ3) is 4.60. The second kappa shape index (κ2) is 7.08. The van der Waals surface area contributed by atoms with Crippen molar-refractivity contribution in [2.45, 2.75) is 52.6 Å². The number of aryl methyl sites for hydroxylation is 2. The first-order valence-corrected chi connectivity index (χ1v) is 8.23. The summed E-state index contributed by atoms with van der Waals surface area (Å²) in [6, 6.07) is 13.7. The Morgan fingerprint density at radius 1 is 1.04 bits per heavy atom. The van der Waals surface area contributed by atoms with E-state index in [1.54, 1.807) is 0 Å². The van der Waals surface area contributed by atoms with Gasteiger partial charge in [0.25, 0.3) is 0 Å². The second-order valence-corrected chi connectivity index (χ2v) is 7.34. The van der Waals surface area contributed by atoms with Gasteiger partial charge in [-0.2, -0.15) is 0 Å². The van der Waals surface area contributed by atoms with Crippen molar-refractivity contribution in [3.63, 3.8) is 0 Å². The number of carbonyl (C=O) groups is 1. The first-order chi connectivity index (χ1) is 11.2. The third-order valence-electron chi connectivity index (χ3n) is 4.27. The molecule has 0 heterocycles. The Kier molecular flexibility index (Phi) is 5.33. The first-order valence-electron chi connectivity index (χ1n) is 8.23. The van der Waals surface area contributed by atoms with Crippen LogP contribution in [0.25, 0.3) is 0 Å². The van der Waals surface area contributed by atoms with Crippen molar-refractivity contribution in [3.05, 3.63) is 64.7 Å². The van der Waals surface area contributed by atoms with Crippen LogP contribution in [0.3, 0.4) is 0 Å². The molecule has 128 valence electrons. The summed E-state index contributed by atoms with van der Waals surface area (Å²) in [5, 5.41) is 9.48. The van der Waals surface area contributed by atoms with Crippen LogP contribution >= 0.6 is 0 Å². The molecule has 2 rings (SSSR count). The number of hydrogen-bond acceptors (Lipinski definition) is 2. The van der Waals surface area contributed by atoms with Crippen molar-refractivity contribution in [1.29, 1.82) is 0 Å². The average molecular weight is 326 g/mol. The average Bonchev–Trinajstić information content (AvgIpc) is 2.50. The summed E-state index contributed by atoms with van der Waals surface area (Å²) in [7, 11) is 0. The minimum Gasteiger partial charge on any atom is -0.478 e. The molecule has 0 bridgehead atoms. The van der Waals surface area contributed by atoms with Gasteiger partial charge in [-0.3, -0.25) is 0 Å². The van der Waals surface area contributed by atoms with Gasteiger partial charge in [-0.1, -0.05) is 51.1 Å². The van der Waals surface area contributed by atoms with Gasteiger partial charge < -0.3 is 9.84 Å². The van der Waals surface area contributed by atoms with E-state index in [1.807, 2.05) is 56.3 Å². The van der Waals surface area contributed by atoms with Gasteiger partial charge in [-0.25, -0.2) is 4.79 Å². The topological polar surface area (TPSA) is 46.5 Å². The highest BCUT2D eigenvalue weighted by molar-refractivity contribution is 5.73. The Hall–Kier alpha value is -2.29. The monoisotopic (exact) mass is 326 g/mol. The van der Waals surface area contributed by atoms with E-state index < -0.39 is 12.1 Å². The second-order valence-electron chi connectivity index (χ2n) is 7.34. The lowest BCUT2D eigenvalue weighted by molar-refractivity contribution is -0.145. The summed E-state index contributed by atoms with van der Waals surface area (Å²) >= 11 is 0. The summed E-state index contributed by atoms with van der Waals surface area (Å²) in [5.74, 6) is -0.368. The van der Waals surface area contributed by atoms with Gasteiger partial charge in [-0.05, 0) is 53.6 Å². The SMILES string of the molecule is Cc1ccc(C[C@@H](Oc2ccc(C(C)(C)C)cc2)C(=O)O)cc1C. The molecule has 0 aliphatic carbocycles. The van der Waals surface area contributed by atoms with Crippen molar-refractivity contribution in [2.24, 2.45) is 0 Å². The lowest BCUT2D eigenvalue weighted by Gasteiger charge is -2.20. The lowest BCUT2D eigenvalue weighted by atomic mass is 9.87. The fraction of sp³-hybridized carbons (Fsp3) is 0.381. The molecule has 0 aliphatic rings. The van der Waals surface area contributed by atoms with Crippen LogP contribution in [0.1, 0.15) is 43.0 Å². The minimum absolute atomic E-state index is 0.0597. The molecule has 1 N–H and O–H groups in total. The zero-order valence-corrected chi connectivity index (χ0v) is 15.1.